The summed E-state index contributed by atoms with van der Waals surface area (Å²) in [5.41, 5.74) is 0. The first-order chi connectivity index (χ1) is 8.52. The predicted octanol–water partition coefficient (Wildman–Crippen LogP) is 0.880. The van der Waals surface area contributed by atoms with Crippen molar-refractivity contribution in [1.29, 1.82) is 0 Å². The van der Waals surface area contributed by atoms with Crippen LogP contribution in [0.15, 0.2) is 0 Å². The second-order valence-electron chi connectivity index (χ2n) is 4.66. The SMILES string of the molecule is CCOC(=O)N1[C@H]2CC(=O)C[C@H]1[C@@H](OC(C)=O)C2. The van der Waals surface area contributed by atoms with E-state index in [0.717, 1.165) is 0 Å². The number of rotatable bonds is 2. The lowest BCUT2D eigenvalue weighted by Gasteiger charge is -2.33. The van der Waals surface area contributed by atoms with Gasteiger partial charge in [0.2, 0.25) is 0 Å². The van der Waals surface area contributed by atoms with E-state index in [1.54, 1.807) is 11.8 Å². The quantitative estimate of drug-likeness (QED) is 0.685. The highest BCUT2D eigenvalue weighted by atomic mass is 16.6. The van der Waals surface area contributed by atoms with Gasteiger partial charge >= 0.3 is 12.1 Å². The molecule has 0 aliphatic carbocycles. The third-order valence-corrected chi connectivity index (χ3v) is 3.38. The topological polar surface area (TPSA) is 72.9 Å². The number of piperidine rings is 1. The molecule has 0 aromatic rings. The first-order valence-electron chi connectivity index (χ1n) is 6.17. The molecule has 0 unspecified atom stereocenters. The van der Waals surface area contributed by atoms with E-state index in [-0.39, 0.29) is 36.4 Å². The van der Waals surface area contributed by atoms with Crippen molar-refractivity contribution in [1.82, 2.24) is 4.90 Å². The highest BCUT2D eigenvalue weighted by molar-refractivity contribution is 5.84. The lowest BCUT2D eigenvalue weighted by molar-refractivity contribution is -0.148. The van der Waals surface area contributed by atoms with Crippen LogP contribution < -0.4 is 0 Å². The van der Waals surface area contributed by atoms with Crippen LogP contribution in [0, 0.1) is 0 Å². The summed E-state index contributed by atoms with van der Waals surface area (Å²) < 4.78 is 10.2. The molecule has 100 valence electrons. The first-order valence-corrected chi connectivity index (χ1v) is 6.17. The Morgan fingerprint density at radius 2 is 2.11 bits per heavy atom. The minimum atomic E-state index is -0.422. The van der Waals surface area contributed by atoms with E-state index >= 15 is 0 Å². The Labute approximate surface area is 105 Å². The molecule has 3 atom stereocenters. The molecule has 2 fully saturated rings. The molecule has 2 saturated heterocycles. The van der Waals surface area contributed by atoms with Crippen LogP contribution in [0.1, 0.15) is 33.1 Å². The van der Waals surface area contributed by atoms with E-state index in [2.05, 4.69) is 0 Å². The molecule has 0 radical (unpaired) electrons. The average molecular weight is 255 g/mol. The number of Topliss-reactive ketones (excluding diaryl/α,β-unsaturated/α-hetero) is 1. The smallest absolute Gasteiger partial charge is 0.410 e. The highest BCUT2D eigenvalue weighted by Gasteiger charge is 2.50. The summed E-state index contributed by atoms with van der Waals surface area (Å²) in [5.74, 6) is -0.274. The Hall–Kier alpha value is -1.59. The van der Waals surface area contributed by atoms with Crippen molar-refractivity contribution >= 4 is 17.8 Å². The zero-order valence-electron chi connectivity index (χ0n) is 10.5. The second-order valence-corrected chi connectivity index (χ2v) is 4.66. The third kappa shape index (κ3) is 2.32. The summed E-state index contributed by atoms with van der Waals surface area (Å²) in [6.45, 7) is 3.36. The zero-order valence-corrected chi connectivity index (χ0v) is 10.5. The van der Waals surface area contributed by atoms with Gasteiger partial charge in [-0.05, 0) is 6.92 Å². The van der Waals surface area contributed by atoms with E-state index in [1.807, 2.05) is 0 Å². The van der Waals surface area contributed by atoms with E-state index in [4.69, 9.17) is 9.47 Å². The van der Waals surface area contributed by atoms with Gasteiger partial charge in [-0.1, -0.05) is 0 Å². The Kier molecular flexibility index (Phi) is 3.54. The lowest BCUT2D eigenvalue weighted by Crippen LogP contribution is -2.49. The van der Waals surface area contributed by atoms with Gasteiger partial charge in [-0.25, -0.2) is 4.79 Å². The van der Waals surface area contributed by atoms with Gasteiger partial charge < -0.3 is 9.47 Å². The summed E-state index contributed by atoms with van der Waals surface area (Å²) in [5, 5.41) is 0. The molecule has 2 aliphatic rings. The predicted molar refractivity (Wildman–Crippen MR) is 60.8 cm³/mol. The highest BCUT2D eigenvalue weighted by Crippen LogP contribution is 2.36. The molecule has 0 saturated carbocycles. The van der Waals surface area contributed by atoms with E-state index in [1.165, 1.54) is 6.92 Å². The minimum Gasteiger partial charge on any atom is -0.460 e. The van der Waals surface area contributed by atoms with Gasteiger partial charge in [-0.15, -0.1) is 0 Å². The van der Waals surface area contributed by atoms with Gasteiger partial charge in [0, 0.05) is 32.2 Å². The van der Waals surface area contributed by atoms with Crippen LogP contribution >= 0.6 is 0 Å². The standard InChI is InChI=1S/C12H17NO5/c1-3-17-12(16)13-8-4-9(15)6-10(13)11(5-8)18-7(2)14/h8,10-11H,3-6H2,1-2H3/t8-,10-,11-/m0/s1. The van der Waals surface area contributed by atoms with Gasteiger partial charge in [0.25, 0.3) is 0 Å². The maximum absolute atomic E-state index is 11.8. The summed E-state index contributed by atoms with van der Waals surface area (Å²) in [6, 6.07) is -0.557. The lowest BCUT2D eigenvalue weighted by atomic mass is 10.0. The summed E-state index contributed by atoms with van der Waals surface area (Å²) in [7, 11) is 0. The Morgan fingerprint density at radius 1 is 1.39 bits per heavy atom. The molecule has 2 bridgehead atoms. The van der Waals surface area contributed by atoms with Crippen LogP contribution in [-0.4, -0.2) is 47.5 Å². The Bertz CT molecular complexity index is 381. The molecule has 6 heteroatoms. The van der Waals surface area contributed by atoms with E-state index in [0.29, 0.717) is 19.4 Å². The van der Waals surface area contributed by atoms with Gasteiger partial charge in [0.15, 0.2) is 0 Å². The van der Waals surface area contributed by atoms with Crippen LogP contribution in [0.2, 0.25) is 0 Å². The van der Waals surface area contributed by atoms with Gasteiger partial charge in [-0.3, -0.25) is 14.5 Å². The molecular weight excluding hydrogens is 238 g/mol. The normalized spacial score (nSPS) is 30.2. The number of fused-ring (bicyclic) bond motifs is 2. The number of ether oxygens (including phenoxy) is 2. The molecule has 0 aromatic carbocycles. The minimum absolute atomic E-state index is 0.111. The molecule has 0 aromatic heterocycles. The number of esters is 1. The largest absolute Gasteiger partial charge is 0.460 e. The van der Waals surface area contributed by atoms with Crippen molar-refractivity contribution in [3.63, 3.8) is 0 Å². The van der Waals surface area contributed by atoms with Crippen molar-refractivity contribution in [2.75, 3.05) is 6.61 Å². The van der Waals surface area contributed by atoms with Crippen LogP contribution in [0.5, 0.6) is 0 Å². The fourth-order valence-electron chi connectivity index (χ4n) is 2.80. The van der Waals surface area contributed by atoms with Crippen molar-refractivity contribution in [3.05, 3.63) is 0 Å². The van der Waals surface area contributed by atoms with Crippen molar-refractivity contribution in [2.24, 2.45) is 0 Å². The molecule has 2 aliphatic heterocycles. The molecule has 2 rings (SSSR count). The van der Waals surface area contributed by atoms with Crippen LogP contribution in [-0.2, 0) is 19.1 Å². The van der Waals surface area contributed by atoms with Crippen molar-refractivity contribution in [3.8, 4) is 0 Å². The summed E-state index contributed by atoms with van der Waals surface area (Å²) in [6.07, 6.45) is 0.285. The number of hydrogen-bond donors (Lipinski definition) is 0. The zero-order chi connectivity index (χ0) is 13.3. The van der Waals surface area contributed by atoms with E-state index in [9.17, 15) is 14.4 Å². The fourth-order valence-corrected chi connectivity index (χ4v) is 2.80. The summed E-state index contributed by atoms with van der Waals surface area (Å²) >= 11 is 0. The third-order valence-electron chi connectivity index (χ3n) is 3.38. The van der Waals surface area contributed by atoms with Gasteiger partial charge in [0.05, 0.1) is 12.6 Å². The monoisotopic (exact) mass is 255 g/mol. The number of ketones is 1. The average Bonchev–Trinajstić information content (AvgIpc) is 2.47. The fraction of sp³-hybridized carbons (Fsp3) is 0.750. The number of amides is 1. The van der Waals surface area contributed by atoms with Gasteiger partial charge in [0.1, 0.15) is 11.9 Å². The number of carbonyl (C=O) groups is 3. The Balaban J connectivity index is 2.14. The molecule has 0 N–H and O–H groups in total. The molecule has 18 heavy (non-hydrogen) atoms. The number of nitrogens with zero attached hydrogens (tertiary/aromatic N) is 1. The first kappa shape index (κ1) is 12.9. The summed E-state index contributed by atoms with van der Waals surface area (Å²) in [4.78, 5) is 36.0. The molecule has 1 amide bonds. The molecule has 0 spiro atoms. The molecule has 6 nitrogen and oxygen atoms in total. The van der Waals surface area contributed by atoms with Crippen LogP contribution in [0.25, 0.3) is 0 Å². The van der Waals surface area contributed by atoms with Crippen LogP contribution in [0.3, 0.4) is 0 Å². The van der Waals surface area contributed by atoms with Gasteiger partial charge in [-0.2, -0.15) is 0 Å². The number of carbonyl (C=O) groups excluding carboxylic acids is 3. The second kappa shape index (κ2) is 4.96. The van der Waals surface area contributed by atoms with Crippen LogP contribution in [0.4, 0.5) is 4.79 Å². The molecule has 2 heterocycles. The molecular formula is C12H17NO5. The number of hydrogen-bond acceptors (Lipinski definition) is 5. The van der Waals surface area contributed by atoms with Crippen molar-refractivity contribution in [2.45, 2.75) is 51.3 Å². The van der Waals surface area contributed by atoms with E-state index < -0.39 is 6.09 Å². The van der Waals surface area contributed by atoms with Crippen molar-refractivity contribution < 1.29 is 23.9 Å². The maximum atomic E-state index is 11.8. The maximum Gasteiger partial charge on any atom is 0.410 e. The Morgan fingerprint density at radius 3 is 2.72 bits per heavy atom.